The van der Waals surface area contributed by atoms with E-state index >= 15 is 0 Å². The number of benzene rings is 1. The number of carbonyl (C=O) groups is 2. The summed E-state index contributed by atoms with van der Waals surface area (Å²) in [5.74, 6) is -1.39. The maximum absolute atomic E-state index is 11.5. The van der Waals surface area contributed by atoms with Gasteiger partial charge in [-0.2, -0.15) is 0 Å². The van der Waals surface area contributed by atoms with Crippen molar-refractivity contribution in [2.75, 3.05) is 24.6 Å². The zero-order valence-electron chi connectivity index (χ0n) is 12.0. The van der Waals surface area contributed by atoms with Crippen molar-refractivity contribution in [1.82, 2.24) is 0 Å². The van der Waals surface area contributed by atoms with Crippen molar-refractivity contribution in [3.8, 4) is 0 Å². The monoisotopic (exact) mass is 292 g/mol. The lowest BCUT2D eigenvalue weighted by Gasteiger charge is -2.34. The van der Waals surface area contributed by atoms with Crippen LogP contribution in [0.15, 0.2) is 18.2 Å². The van der Waals surface area contributed by atoms with Crippen molar-refractivity contribution in [3.63, 3.8) is 0 Å². The third kappa shape index (κ3) is 3.95. The van der Waals surface area contributed by atoms with Crippen molar-refractivity contribution < 1.29 is 19.4 Å². The number of anilines is 1. The summed E-state index contributed by atoms with van der Waals surface area (Å²) < 4.78 is 5.31. The van der Waals surface area contributed by atoms with Crippen molar-refractivity contribution in [2.45, 2.75) is 25.9 Å². The minimum atomic E-state index is -0.952. The summed E-state index contributed by atoms with van der Waals surface area (Å²) in [5, 5.41) is 8.62. The first-order chi connectivity index (χ1) is 9.97. The Bertz CT molecular complexity index is 536. The summed E-state index contributed by atoms with van der Waals surface area (Å²) in [7, 11) is 0. The van der Waals surface area contributed by atoms with Gasteiger partial charge in [0.15, 0.2) is 0 Å². The maximum atomic E-state index is 11.5. The zero-order valence-corrected chi connectivity index (χ0v) is 12.0. The van der Waals surface area contributed by atoms with Gasteiger partial charge in [-0.3, -0.25) is 4.79 Å². The average Bonchev–Trinajstić information content (AvgIpc) is 2.45. The number of amides is 1. The van der Waals surface area contributed by atoms with Gasteiger partial charge in [-0.1, -0.05) is 6.07 Å². The summed E-state index contributed by atoms with van der Waals surface area (Å²) in [5.41, 5.74) is 7.86. The van der Waals surface area contributed by atoms with Crippen LogP contribution in [-0.2, 0) is 9.53 Å². The van der Waals surface area contributed by atoms with Crippen LogP contribution >= 0.6 is 0 Å². The molecular formula is C15H20N2O4. The Morgan fingerprint density at radius 1 is 1.38 bits per heavy atom. The fourth-order valence-electron chi connectivity index (χ4n) is 2.56. The lowest BCUT2D eigenvalue weighted by Crippen LogP contribution is -2.38. The number of primary amides is 1. The molecule has 0 saturated carbocycles. The number of nitrogens with zero attached hydrogens (tertiary/aromatic N) is 1. The normalized spacial score (nSPS) is 16.0. The zero-order chi connectivity index (χ0) is 15.4. The van der Waals surface area contributed by atoms with E-state index in [4.69, 9.17) is 15.6 Å². The largest absolute Gasteiger partial charge is 0.480 e. The molecule has 1 aliphatic rings. The van der Waals surface area contributed by atoms with E-state index in [2.05, 4.69) is 4.90 Å². The van der Waals surface area contributed by atoms with Gasteiger partial charge in [-0.15, -0.1) is 0 Å². The smallest absolute Gasteiger partial charge is 0.329 e. The molecule has 1 aromatic rings. The summed E-state index contributed by atoms with van der Waals surface area (Å²) in [4.78, 5) is 24.1. The number of ether oxygens (including phenoxy) is 1. The van der Waals surface area contributed by atoms with Gasteiger partial charge >= 0.3 is 5.97 Å². The topological polar surface area (TPSA) is 92.9 Å². The molecule has 114 valence electrons. The van der Waals surface area contributed by atoms with Crippen LogP contribution in [0.25, 0.3) is 0 Å². The Morgan fingerprint density at radius 2 is 2.05 bits per heavy atom. The molecule has 2 rings (SSSR count). The predicted octanol–water partition coefficient (Wildman–Crippen LogP) is 1.16. The van der Waals surface area contributed by atoms with Crippen LogP contribution in [0.2, 0.25) is 0 Å². The summed E-state index contributed by atoms with van der Waals surface area (Å²) in [6.07, 6.45) is 1.43. The minimum Gasteiger partial charge on any atom is -0.480 e. The van der Waals surface area contributed by atoms with E-state index in [1.54, 1.807) is 6.07 Å². The van der Waals surface area contributed by atoms with Crippen molar-refractivity contribution >= 4 is 17.6 Å². The fourth-order valence-corrected chi connectivity index (χ4v) is 2.56. The highest BCUT2D eigenvalue weighted by molar-refractivity contribution is 5.98. The molecule has 1 amide bonds. The molecule has 1 saturated heterocycles. The summed E-state index contributed by atoms with van der Waals surface area (Å²) >= 11 is 0. The molecule has 0 aliphatic carbocycles. The van der Waals surface area contributed by atoms with Crippen LogP contribution < -0.4 is 10.6 Å². The van der Waals surface area contributed by atoms with E-state index in [0.29, 0.717) is 18.7 Å². The van der Waals surface area contributed by atoms with E-state index in [9.17, 15) is 9.59 Å². The molecule has 0 atom stereocenters. The van der Waals surface area contributed by atoms with Crippen LogP contribution in [0.4, 0.5) is 5.69 Å². The molecule has 1 fully saturated rings. The van der Waals surface area contributed by atoms with E-state index in [0.717, 1.165) is 24.1 Å². The average molecular weight is 292 g/mol. The minimum absolute atomic E-state index is 0.0424. The molecule has 1 aliphatic heterocycles. The lowest BCUT2D eigenvalue weighted by atomic mass is 10.0. The molecule has 6 heteroatoms. The molecule has 0 radical (unpaired) electrons. The molecule has 0 aromatic heterocycles. The molecule has 0 spiro atoms. The second kappa shape index (κ2) is 6.58. The van der Waals surface area contributed by atoms with Crippen LogP contribution in [0.1, 0.15) is 28.8 Å². The Labute approximate surface area is 123 Å². The Hall–Kier alpha value is -2.08. The Kier molecular flexibility index (Phi) is 4.80. The molecule has 0 bridgehead atoms. The number of piperidine rings is 1. The second-order valence-corrected chi connectivity index (χ2v) is 5.28. The number of carboxylic acids is 1. The SMILES string of the molecule is Cc1ccc(C(N)=O)c(N2CCC(OCC(=O)O)CC2)c1. The maximum Gasteiger partial charge on any atom is 0.329 e. The van der Waals surface area contributed by atoms with E-state index in [1.807, 2.05) is 19.1 Å². The Balaban J connectivity index is 2.03. The first kappa shape index (κ1) is 15.3. The number of carbonyl (C=O) groups excluding carboxylic acids is 1. The van der Waals surface area contributed by atoms with E-state index < -0.39 is 11.9 Å². The number of hydrogen-bond acceptors (Lipinski definition) is 4. The molecular weight excluding hydrogens is 272 g/mol. The van der Waals surface area contributed by atoms with Gasteiger partial charge in [0.25, 0.3) is 5.91 Å². The molecule has 21 heavy (non-hydrogen) atoms. The molecule has 1 heterocycles. The standard InChI is InChI=1S/C15H20N2O4/c1-10-2-3-12(15(16)20)13(8-10)17-6-4-11(5-7-17)21-9-14(18)19/h2-3,8,11H,4-7,9H2,1H3,(H2,16,20)(H,18,19). The lowest BCUT2D eigenvalue weighted by molar-refractivity contribution is -0.144. The van der Waals surface area contributed by atoms with Crippen LogP contribution in [0.5, 0.6) is 0 Å². The third-order valence-corrected chi connectivity index (χ3v) is 3.64. The van der Waals surface area contributed by atoms with Gasteiger partial charge in [0.1, 0.15) is 6.61 Å². The predicted molar refractivity (Wildman–Crippen MR) is 78.5 cm³/mol. The van der Waals surface area contributed by atoms with Gasteiger partial charge in [-0.25, -0.2) is 4.79 Å². The van der Waals surface area contributed by atoms with Crippen LogP contribution in [0, 0.1) is 6.92 Å². The van der Waals surface area contributed by atoms with E-state index in [1.165, 1.54) is 0 Å². The van der Waals surface area contributed by atoms with Gasteiger partial charge < -0.3 is 20.5 Å². The summed E-state index contributed by atoms with van der Waals surface area (Å²) in [6.45, 7) is 3.14. The first-order valence-electron chi connectivity index (χ1n) is 6.96. The third-order valence-electron chi connectivity index (χ3n) is 3.64. The molecule has 0 unspecified atom stereocenters. The Morgan fingerprint density at radius 3 is 2.62 bits per heavy atom. The molecule has 6 nitrogen and oxygen atoms in total. The number of rotatable bonds is 5. The first-order valence-corrected chi connectivity index (χ1v) is 6.96. The number of hydrogen-bond donors (Lipinski definition) is 2. The van der Waals surface area contributed by atoms with E-state index in [-0.39, 0.29) is 12.7 Å². The van der Waals surface area contributed by atoms with Crippen molar-refractivity contribution in [3.05, 3.63) is 29.3 Å². The van der Waals surface area contributed by atoms with Gasteiger partial charge in [-0.05, 0) is 37.5 Å². The van der Waals surface area contributed by atoms with Crippen molar-refractivity contribution in [2.24, 2.45) is 5.73 Å². The number of nitrogens with two attached hydrogens (primary N) is 1. The van der Waals surface area contributed by atoms with Crippen LogP contribution in [-0.4, -0.2) is 42.8 Å². The second-order valence-electron chi connectivity index (χ2n) is 5.28. The highest BCUT2D eigenvalue weighted by atomic mass is 16.5. The van der Waals surface area contributed by atoms with Crippen LogP contribution in [0.3, 0.4) is 0 Å². The molecule has 3 N–H and O–H groups in total. The fraction of sp³-hybridized carbons (Fsp3) is 0.467. The molecule has 1 aromatic carbocycles. The van der Waals surface area contributed by atoms with Gasteiger partial charge in [0.2, 0.25) is 0 Å². The number of aliphatic carboxylic acids is 1. The highest BCUT2D eigenvalue weighted by Crippen LogP contribution is 2.26. The van der Waals surface area contributed by atoms with Crippen molar-refractivity contribution in [1.29, 1.82) is 0 Å². The van der Waals surface area contributed by atoms with Gasteiger partial charge in [0.05, 0.1) is 11.7 Å². The van der Waals surface area contributed by atoms with Gasteiger partial charge in [0, 0.05) is 18.8 Å². The summed E-state index contributed by atoms with van der Waals surface area (Å²) in [6, 6.07) is 5.57. The number of aryl methyl sites for hydroxylation is 1. The number of carboxylic acid groups (broad SMARTS) is 1. The highest BCUT2D eigenvalue weighted by Gasteiger charge is 2.23. The quantitative estimate of drug-likeness (QED) is 0.849.